The summed E-state index contributed by atoms with van der Waals surface area (Å²) >= 11 is 2.08. The molecule has 1 unspecified atom stereocenters. The summed E-state index contributed by atoms with van der Waals surface area (Å²) in [6.45, 7) is 15.9. The van der Waals surface area contributed by atoms with Crippen LogP contribution in [0.1, 0.15) is 34.6 Å². The van der Waals surface area contributed by atoms with Crippen LogP contribution < -0.4 is 5.32 Å². The molecular weight excluding hydrogens is 216 g/mol. The Bertz CT molecular complexity index is 147. The van der Waals surface area contributed by atoms with Crippen molar-refractivity contribution < 1.29 is 0 Å². The molecule has 3 heteroatoms. The van der Waals surface area contributed by atoms with Crippen molar-refractivity contribution in [1.82, 2.24) is 10.2 Å². The van der Waals surface area contributed by atoms with E-state index in [1.54, 1.807) is 0 Å². The molecule has 2 nitrogen and oxygen atoms in total. The van der Waals surface area contributed by atoms with Crippen LogP contribution in [0.15, 0.2) is 0 Å². The van der Waals surface area contributed by atoms with Crippen molar-refractivity contribution >= 4 is 11.8 Å². The van der Waals surface area contributed by atoms with E-state index in [9.17, 15) is 0 Å². The van der Waals surface area contributed by atoms with Gasteiger partial charge in [-0.2, -0.15) is 11.8 Å². The van der Waals surface area contributed by atoms with E-state index < -0.39 is 0 Å². The zero-order valence-electron chi connectivity index (χ0n) is 11.8. The van der Waals surface area contributed by atoms with Crippen LogP contribution in [0.5, 0.6) is 0 Å². The van der Waals surface area contributed by atoms with Gasteiger partial charge in [0.15, 0.2) is 0 Å². The first kappa shape index (κ1) is 16.3. The lowest BCUT2D eigenvalue weighted by molar-refractivity contribution is 0.323. The summed E-state index contributed by atoms with van der Waals surface area (Å²) in [7, 11) is 0. The van der Waals surface area contributed by atoms with Crippen LogP contribution in [0.25, 0.3) is 0 Å². The highest BCUT2D eigenvalue weighted by Crippen LogP contribution is 2.10. The second-order valence-corrected chi connectivity index (χ2v) is 5.66. The van der Waals surface area contributed by atoms with Gasteiger partial charge in [-0.15, -0.1) is 0 Å². The summed E-state index contributed by atoms with van der Waals surface area (Å²) in [6.07, 6.45) is 0. The highest BCUT2D eigenvalue weighted by molar-refractivity contribution is 7.99. The zero-order chi connectivity index (χ0) is 12.4. The van der Waals surface area contributed by atoms with Gasteiger partial charge in [-0.05, 0) is 25.6 Å². The number of thioether (sulfide) groups is 1. The second-order valence-electron chi connectivity index (χ2n) is 4.51. The Morgan fingerprint density at radius 1 is 1.12 bits per heavy atom. The van der Waals surface area contributed by atoms with E-state index in [4.69, 9.17) is 0 Å². The molecule has 0 aromatic heterocycles. The van der Waals surface area contributed by atoms with E-state index in [1.165, 1.54) is 31.1 Å². The lowest BCUT2D eigenvalue weighted by atomic mass is 10.1. The van der Waals surface area contributed by atoms with Gasteiger partial charge in [-0.1, -0.05) is 34.6 Å². The maximum Gasteiger partial charge on any atom is 0.0181 e. The van der Waals surface area contributed by atoms with Crippen molar-refractivity contribution in [2.45, 2.75) is 40.7 Å². The molecule has 0 aromatic carbocycles. The minimum absolute atomic E-state index is 0.673. The lowest BCUT2D eigenvalue weighted by Gasteiger charge is -2.22. The van der Waals surface area contributed by atoms with Crippen LogP contribution in [-0.2, 0) is 0 Å². The molecule has 0 saturated carbocycles. The van der Waals surface area contributed by atoms with Crippen molar-refractivity contribution in [3.8, 4) is 0 Å². The lowest BCUT2D eigenvalue weighted by Crippen LogP contribution is -2.36. The first-order valence-corrected chi connectivity index (χ1v) is 7.84. The molecule has 1 N–H and O–H groups in total. The molecule has 0 saturated heterocycles. The van der Waals surface area contributed by atoms with Crippen LogP contribution in [0.3, 0.4) is 0 Å². The molecule has 0 amide bonds. The number of rotatable bonds is 10. The summed E-state index contributed by atoms with van der Waals surface area (Å²) < 4.78 is 0. The number of hydrogen-bond acceptors (Lipinski definition) is 3. The molecule has 0 fully saturated rings. The number of hydrogen-bond donors (Lipinski definition) is 1. The van der Waals surface area contributed by atoms with Crippen LogP contribution in [0.4, 0.5) is 0 Å². The van der Waals surface area contributed by atoms with Crippen LogP contribution in [0, 0.1) is 5.92 Å². The Kier molecular flexibility index (Phi) is 10.6. The predicted octanol–water partition coefficient (Wildman–Crippen LogP) is 2.70. The van der Waals surface area contributed by atoms with Gasteiger partial charge >= 0.3 is 0 Å². The van der Waals surface area contributed by atoms with E-state index in [2.05, 4.69) is 56.6 Å². The molecule has 0 aliphatic heterocycles. The third kappa shape index (κ3) is 7.53. The van der Waals surface area contributed by atoms with Gasteiger partial charge in [0.25, 0.3) is 0 Å². The third-order valence-corrected chi connectivity index (χ3v) is 4.08. The highest BCUT2D eigenvalue weighted by atomic mass is 32.2. The Morgan fingerprint density at radius 3 is 2.19 bits per heavy atom. The van der Waals surface area contributed by atoms with E-state index in [0.29, 0.717) is 6.04 Å². The van der Waals surface area contributed by atoms with Crippen molar-refractivity contribution in [2.24, 2.45) is 5.92 Å². The minimum atomic E-state index is 0.673. The summed E-state index contributed by atoms with van der Waals surface area (Å²) in [5.41, 5.74) is 0. The van der Waals surface area contributed by atoms with Crippen LogP contribution >= 0.6 is 11.8 Å². The molecule has 0 radical (unpaired) electrons. The molecule has 16 heavy (non-hydrogen) atoms. The molecule has 0 bridgehead atoms. The third-order valence-electron chi connectivity index (χ3n) is 3.01. The monoisotopic (exact) mass is 246 g/mol. The SMILES string of the molecule is CCNC(CSCCN(CC)CC)C(C)C. The Hall–Kier alpha value is 0.270. The van der Waals surface area contributed by atoms with Gasteiger partial charge < -0.3 is 10.2 Å². The predicted molar refractivity (Wildman–Crippen MR) is 77.4 cm³/mol. The fourth-order valence-corrected chi connectivity index (χ4v) is 3.00. The van der Waals surface area contributed by atoms with Gasteiger partial charge in [-0.25, -0.2) is 0 Å². The molecule has 0 aliphatic rings. The second kappa shape index (κ2) is 10.4. The molecule has 0 aromatic rings. The molecular formula is C13H30N2S. The van der Waals surface area contributed by atoms with Gasteiger partial charge in [0, 0.05) is 24.1 Å². The van der Waals surface area contributed by atoms with E-state index in [0.717, 1.165) is 12.5 Å². The first-order chi connectivity index (χ1) is 7.65. The Labute approximate surface area is 107 Å². The molecule has 0 spiro atoms. The Morgan fingerprint density at radius 2 is 1.75 bits per heavy atom. The van der Waals surface area contributed by atoms with E-state index in [1.807, 2.05) is 0 Å². The van der Waals surface area contributed by atoms with Gasteiger partial charge in [0.2, 0.25) is 0 Å². The highest BCUT2D eigenvalue weighted by Gasteiger charge is 2.11. The first-order valence-electron chi connectivity index (χ1n) is 6.69. The average Bonchev–Trinajstić information content (AvgIpc) is 2.27. The van der Waals surface area contributed by atoms with Crippen molar-refractivity contribution in [1.29, 1.82) is 0 Å². The van der Waals surface area contributed by atoms with Crippen molar-refractivity contribution in [3.63, 3.8) is 0 Å². The summed E-state index contributed by atoms with van der Waals surface area (Å²) in [6, 6.07) is 0.673. The smallest absolute Gasteiger partial charge is 0.0181 e. The van der Waals surface area contributed by atoms with Crippen LogP contribution in [0.2, 0.25) is 0 Å². The molecule has 0 heterocycles. The van der Waals surface area contributed by atoms with Gasteiger partial charge in [0.1, 0.15) is 0 Å². The minimum Gasteiger partial charge on any atom is -0.313 e. The fourth-order valence-electron chi connectivity index (χ4n) is 1.69. The standard InChI is InChI=1S/C13H30N2S/c1-6-14-13(12(4)5)11-16-10-9-15(7-2)8-3/h12-14H,6-11H2,1-5H3. The summed E-state index contributed by atoms with van der Waals surface area (Å²) in [5, 5.41) is 3.56. The van der Waals surface area contributed by atoms with Crippen molar-refractivity contribution in [2.75, 3.05) is 37.7 Å². The van der Waals surface area contributed by atoms with Crippen molar-refractivity contribution in [3.05, 3.63) is 0 Å². The van der Waals surface area contributed by atoms with Gasteiger partial charge in [0.05, 0.1) is 0 Å². The topological polar surface area (TPSA) is 15.3 Å². The van der Waals surface area contributed by atoms with E-state index >= 15 is 0 Å². The number of nitrogens with zero attached hydrogens (tertiary/aromatic N) is 1. The molecule has 98 valence electrons. The molecule has 0 aliphatic carbocycles. The maximum atomic E-state index is 3.56. The summed E-state index contributed by atoms with van der Waals surface area (Å²) in [4.78, 5) is 2.49. The van der Waals surface area contributed by atoms with E-state index in [-0.39, 0.29) is 0 Å². The van der Waals surface area contributed by atoms with Gasteiger partial charge in [-0.3, -0.25) is 0 Å². The Balaban J connectivity index is 3.61. The normalized spacial score (nSPS) is 13.7. The average molecular weight is 246 g/mol. The fraction of sp³-hybridized carbons (Fsp3) is 1.00. The summed E-state index contributed by atoms with van der Waals surface area (Å²) in [5.74, 6) is 3.24. The van der Waals surface area contributed by atoms with Crippen LogP contribution in [-0.4, -0.2) is 48.6 Å². The largest absolute Gasteiger partial charge is 0.313 e. The molecule has 1 atom stereocenters. The zero-order valence-corrected chi connectivity index (χ0v) is 12.6. The molecule has 0 rings (SSSR count). The maximum absolute atomic E-state index is 3.56. The number of nitrogens with one attached hydrogen (secondary N) is 1. The quantitative estimate of drug-likeness (QED) is 0.597.